The second-order valence-corrected chi connectivity index (χ2v) is 25.4. The molecule has 10 aromatic carbocycles. The zero-order chi connectivity index (χ0) is 51.9. The van der Waals surface area contributed by atoms with Crippen LogP contribution in [0.1, 0.15) is 154 Å². The molecular formula is C75H48N4. The summed E-state index contributed by atoms with van der Waals surface area (Å²) in [6.45, 7) is 7.04. The lowest BCUT2D eigenvalue weighted by Gasteiger charge is -2.43. The highest BCUT2D eigenvalue weighted by atomic mass is 14.9. The van der Waals surface area contributed by atoms with Crippen molar-refractivity contribution in [2.75, 3.05) is 0 Å². The maximum absolute atomic E-state index is 11.5. The molecule has 0 aliphatic heterocycles. The molecule has 0 radical (unpaired) electrons. The van der Waals surface area contributed by atoms with Gasteiger partial charge in [0.1, 0.15) is 0 Å². The second-order valence-electron chi connectivity index (χ2n) is 25.4. The molecule has 8 aliphatic rings. The fraction of sp³-hybridized carbons (Fsp3) is 0.173. The van der Waals surface area contributed by atoms with Crippen molar-refractivity contribution in [1.82, 2.24) is 8.80 Å². The van der Waals surface area contributed by atoms with E-state index < -0.39 is 5.41 Å². The molecule has 0 saturated heterocycles. The Balaban J connectivity index is 0.998. The molecule has 4 heteroatoms. The Bertz CT molecular complexity index is 5260. The Hall–Kier alpha value is -9.22. The lowest BCUT2D eigenvalue weighted by molar-refractivity contribution is 0.361. The van der Waals surface area contributed by atoms with Crippen LogP contribution in [-0.4, -0.2) is 8.80 Å². The van der Waals surface area contributed by atoms with E-state index in [0.717, 1.165) is 40.5 Å². The van der Waals surface area contributed by atoms with Gasteiger partial charge in [-0.1, -0.05) is 142 Å². The van der Waals surface area contributed by atoms with Crippen molar-refractivity contribution in [3.8, 4) is 34.4 Å². The smallest absolute Gasteiger partial charge is 0.0995 e. The molecular weight excluding hydrogens is 957 g/mol. The summed E-state index contributed by atoms with van der Waals surface area (Å²) in [4.78, 5) is 0. The van der Waals surface area contributed by atoms with Crippen LogP contribution in [0.4, 0.5) is 0 Å². The van der Waals surface area contributed by atoms with E-state index in [0.29, 0.717) is 11.8 Å². The van der Waals surface area contributed by atoms with Gasteiger partial charge in [-0.05, 0) is 180 Å². The molecule has 4 bridgehead atoms. The highest BCUT2D eigenvalue weighted by molar-refractivity contribution is 6.33. The number of nitriles is 2. The van der Waals surface area contributed by atoms with Crippen molar-refractivity contribution in [2.24, 2.45) is 0 Å². The summed E-state index contributed by atoms with van der Waals surface area (Å²) in [5.41, 5.74) is 30.6. The molecule has 79 heavy (non-hydrogen) atoms. The van der Waals surface area contributed by atoms with Crippen LogP contribution in [0, 0.1) is 22.7 Å². The van der Waals surface area contributed by atoms with Crippen LogP contribution in [-0.2, 0) is 10.8 Å². The molecule has 1 saturated carbocycles. The summed E-state index contributed by atoms with van der Waals surface area (Å²) in [5.74, 6) is 0.813. The Morgan fingerprint density at radius 2 is 0.886 bits per heavy atom. The molecule has 368 valence electrons. The summed E-state index contributed by atoms with van der Waals surface area (Å²) in [5, 5.41) is 32.9. The number of aromatic nitrogens is 2. The lowest BCUT2D eigenvalue weighted by Crippen LogP contribution is -2.28. The molecule has 4 aromatic heterocycles. The molecule has 22 rings (SSSR count). The van der Waals surface area contributed by atoms with Gasteiger partial charge >= 0.3 is 0 Å². The first-order valence-corrected chi connectivity index (χ1v) is 28.7. The standard InChI is InChI=1S/C75H48N4/c1-74(2,3)41-30-51-49-33-59-50(34-58(49)78-60-29-40(36-77)64-65-44-16-4-6-18-46(44)66(47-19-7-5-17-45(47)65)70(64)68(60)53(31-41)72(51)78)52-32-57-67(71-69-61(79(59)73(52)71)28-39(35-76)62-37-24-26-38(27-25-37)63(62)69)48-20-10-13-23-56(48)75(57)54-21-11-8-14-42(54)43-15-9-12-22-55(43)75/h4-23,28-34,37-38,65-66H,24-27H2,1-3H3. The normalized spacial score (nSPS) is 19.5. The average Bonchev–Trinajstić information content (AvgIpc) is 4.07. The highest BCUT2D eigenvalue weighted by Gasteiger charge is 2.53. The van der Waals surface area contributed by atoms with Gasteiger partial charge in [-0.15, -0.1) is 0 Å². The van der Waals surface area contributed by atoms with Crippen molar-refractivity contribution in [3.05, 3.63) is 247 Å². The van der Waals surface area contributed by atoms with E-state index in [-0.39, 0.29) is 17.3 Å². The molecule has 8 aliphatic carbocycles. The number of rotatable bonds is 0. The summed E-state index contributed by atoms with van der Waals surface area (Å²) in [6.07, 6.45) is 4.66. The number of hydrogen-bond donors (Lipinski definition) is 0. The van der Waals surface area contributed by atoms with Crippen molar-refractivity contribution in [1.29, 1.82) is 10.5 Å². The number of nitrogens with zero attached hydrogens (tertiary/aromatic N) is 4. The second kappa shape index (κ2) is 13.5. The zero-order valence-corrected chi connectivity index (χ0v) is 44.0. The lowest BCUT2D eigenvalue weighted by atomic mass is 9.59. The van der Waals surface area contributed by atoms with Crippen molar-refractivity contribution in [3.63, 3.8) is 0 Å². The molecule has 0 atom stereocenters. The Kier molecular flexibility index (Phi) is 7.18. The zero-order valence-electron chi connectivity index (χ0n) is 44.0. The van der Waals surface area contributed by atoms with Crippen LogP contribution in [0.25, 0.3) is 98.4 Å². The third-order valence-corrected chi connectivity index (χ3v) is 21.2. The fourth-order valence-electron chi connectivity index (χ4n) is 18.4. The maximum Gasteiger partial charge on any atom is 0.0995 e. The minimum Gasteiger partial charge on any atom is -0.308 e. The summed E-state index contributed by atoms with van der Waals surface area (Å²) in [6, 6.07) is 68.6. The van der Waals surface area contributed by atoms with Crippen LogP contribution >= 0.6 is 0 Å². The first-order chi connectivity index (χ1) is 38.8. The molecule has 0 unspecified atom stereocenters. The summed E-state index contributed by atoms with van der Waals surface area (Å²) >= 11 is 0. The van der Waals surface area contributed by atoms with Gasteiger partial charge in [0.25, 0.3) is 0 Å². The number of hydrogen-bond acceptors (Lipinski definition) is 2. The van der Waals surface area contributed by atoms with Crippen LogP contribution in [0.15, 0.2) is 164 Å². The van der Waals surface area contributed by atoms with E-state index in [1.54, 1.807) is 0 Å². The Labute approximate surface area is 455 Å². The molecule has 0 amide bonds. The average molecular weight is 1010 g/mol. The van der Waals surface area contributed by atoms with Gasteiger partial charge in [0, 0.05) is 54.9 Å². The predicted molar refractivity (Wildman–Crippen MR) is 319 cm³/mol. The number of fused-ring (bicyclic) bond motifs is 25. The molecule has 0 N–H and O–H groups in total. The van der Waals surface area contributed by atoms with E-state index in [4.69, 9.17) is 0 Å². The third-order valence-electron chi connectivity index (χ3n) is 21.2. The minimum atomic E-state index is -0.533. The largest absolute Gasteiger partial charge is 0.308 e. The summed E-state index contributed by atoms with van der Waals surface area (Å²) in [7, 11) is 0. The van der Waals surface area contributed by atoms with Crippen LogP contribution < -0.4 is 0 Å². The van der Waals surface area contributed by atoms with Crippen molar-refractivity contribution in [2.45, 2.75) is 81.0 Å². The van der Waals surface area contributed by atoms with E-state index in [2.05, 4.69) is 206 Å². The SMILES string of the molecule is CC(C)(C)c1cc2c3cc4c(cc3n3c5cc(C#N)c6c(c5c(c1)c23)C1c2ccccc2C6c2ccccc21)c1cc2c(c3c5c6c(c(C#N)cc5n4c13)C1CCC6CC1)-c1ccccc1C21c2ccccc2-c2ccccc21. The minimum absolute atomic E-state index is 0.00309. The van der Waals surface area contributed by atoms with Gasteiger partial charge in [-0.3, -0.25) is 0 Å². The monoisotopic (exact) mass is 1000 g/mol. The van der Waals surface area contributed by atoms with Crippen molar-refractivity contribution >= 4 is 76.2 Å². The van der Waals surface area contributed by atoms with Gasteiger partial charge in [-0.25, -0.2) is 0 Å². The molecule has 4 nitrogen and oxygen atoms in total. The highest BCUT2D eigenvalue weighted by Crippen LogP contribution is 2.67. The molecule has 1 fully saturated rings. The topological polar surface area (TPSA) is 56.4 Å². The van der Waals surface area contributed by atoms with Crippen LogP contribution in [0.3, 0.4) is 0 Å². The predicted octanol–water partition coefficient (Wildman–Crippen LogP) is 18.1. The van der Waals surface area contributed by atoms with E-state index >= 15 is 0 Å². The van der Waals surface area contributed by atoms with Gasteiger partial charge < -0.3 is 8.80 Å². The number of benzene rings is 10. The van der Waals surface area contributed by atoms with Gasteiger partial charge in [-0.2, -0.15) is 10.5 Å². The molecule has 4 heterocycles. The molecule has 14 aromatic rings. The van der Waals surface area contributed by atoms with E-state index in [1.807, 2.05) is 0 Å². The van der Waals surface area contributed by atoms with Gasteiger partial charge in [0.15, 0.2) is 0 Å². The summed E-state index contributed by atoms with van der Waals surface area (Å²) < 4.78 is 5.16. The first kappa shape index (κ1) is 41.9. The quantitative estimate of drug-likeness (QED) is 0.152. The molecule has 1 spiro atoms. The van der Waals surface area contributed by atoms with E-state index in [1.165, 1.54) is 167 Å². The Morgan fingerprint density at radius 1 is 0.418 bits per heavy atom. The van der Waals surface area contributed by atoms with Crippen molar-refractivity contribution < 1.29 is 0 Å². The van der Waals surface area contributed by atoms with Crippen LogP contribution in [0.5, 0.6) is 0 Å². The van der Waals surface area contributed by atoms with Gasteiger partial charge in [0.05, 0.1) is 61.8 Å². The first-order valence-electron chi connectivity index (χ1n) is 28.7. The van der Waals surface area contributed by atoms with E-state index in [9.17, 15) is 10.5 Å². The fourth-order valence-corrected chi connectivity index (χ4v) is 18.4. The third kappa shape index (κ3) is 4.48. The van der Waals surface area contributed by atoms with Crippen LogP contribution in [0.2, 0.25) is 0 Å². The van der Waals surface area contributed by atoms with Gasteiger partial charge in [0.2, 0.25) is 0 Å². The maximum atomic E-state index is 11.5. The Morgan fingerprint density at radius 3 is 1.47 bits per heavy atom.